The monoisotopic (exact) mass is 278 g/mol. The Kier molecular flexibility index (Phi) is 4.24. The number of nitrogens with zero attached hydrogens (tertiary/aromatic N) is 4. The lowest BCUT2D eigenvalue weighted by atomic mass is 10.3. The van der Waals surface area contributed by atoms with E-state index in [0.717, 1.165) is 6.42 Å². The lowest BCUT2D eigenvalue weighted by Gasteiger charge is -2.03. The van der Waals surface area contributed by atoms with Gasteiger partial charge in [0.1, 0.15) is 0 Å². The number of ether oxygens (including phenoxy) is 1. The van der Waals surface area contributed by atoms with Gasteiger partial charge in [0.05, 0.1) is 4.92 Å². The predicted octanol–water partition coefficient (Wildman–Crippen LogP) is 2.21. The van der Waals surface area contributed by atoms with Gasteiger partial charge < -0.3 is 9.26 Å². The minimum absolute atomic E-state index is 0.0480. The molecular weight excluding hydrogens is 264 g/mol. The van der Waals surface area contributed by atoms with Crippen LogP contribution in [0.25, 0.3) is 0 Å². The summed E-state index contributed by atoms with van der Waals surface area (Å²) in [5.41, 5.74) is 0.505. The highest BCUT2D eigenvalue weighted by Crippen LogP contribution is 2.25. The molecule has 20 heavy (non-hydrogen) atoms. The fraction of sp³-hybridized carbons (Fsp3) is 0.417. The third-order valence-corrected chi connectivity index (χ3v) is 2.48. The van der Waals surface area contributed by atoms with Crippen LogP contribution in [0.5, 0.6) is 5.88 Å². The van der Waals surface area contributed by atoms with Crippen molar-refractivity contribution in [3.8, 4) is 5.88 Å². The molecule has 0 aliphatic rings. The minimum atomic E-state index is -0.536. The van der Waals surface area contributed by atoms with Crippen LogP contribution < -0.4 is 4.74 Å². The SMILES string of the molecule is CCCc1noc(COc2ncc(C)cc2[N+](=O)[O-])n1. The topological polar surface area (TPSA) is 104 Å². The van der Waals surface area contributed by atoms with Gasteiger partial charge in [-0.25, -0.2) is 4.98 Å². The average Bonchev–Trinajstić information content (AvgIpc) is 2.85. The highest BCUT2D eigenvalue weighted by atomic mass is 16.6. The van der Waals surface area contributed by atoms with E-state index in [9.17, 15) is 10.1 Å². The lowest BCUT2D eigenvalue weighted by Crippen LogP contribution is -2.02. The molecule has 8 heteroatoms. The highest BCUT2D eigenvalue weighted by Gasteiger charge is 2.18. The molecule has 0 radical (unpaired) electrons. The van der Waals surface area contributed by atoms with Gasteiger partial charge in [0.25, 0.3) is 11.8 Å². The van der Waals surface area contributed by atoms with E-state index in [2.05, 4.69) is 15.1 Å². The van der Waals surface area contributed by atoms with E-state index in [1.54, 1.807) is 6.92 Å². The first-order valence-corrected chi connectivity index (χ1v) is 6.15. The Morgan fingerprint density at radius 3 is 3.00 bits per heavy atom. The van der Waals surface area contributed by atoms with Crippen LogP contribution in [0.3, 0.4) is 0 Å². The molecule has 0 unspecified atom stereocenters. The Morgan fingerprint density at radius 1 is 1.50 bits per heavy atom. The van der Waals surface area contributed by atoms with Gasteiger partial charge in [0.2, 0.25) is 0 Å². The van der Waals surface area contributed by atoms with E-state index in [1.807, 2.05) is 6.92 Å². The second-order valence-corrected chi connectivity index (χ2v) is 4.24. The summed E-state index contributed by atoms with van der Waals surface area (Å²) in [4.78, 5) is 18.4. The maximum absolute atomic E-state index is 10.9. The van der Waals surface area contributed by atoms with Crippen molar-refractivity contribution in [2.45, 2.75) is 33.3 Å². The van der Waals surface area contributed by atoms with Crippen LogP contribution >= 0.6 is 0 Å². The molecule has 8 nitrogen and oxygen atoms in total. The Bertz CT molecular complexity index is 611. The van der Waals surface area contributed by atoms with Gasteiger partial charge in [-0.15, -0.1) is 0 Å². The van der Waals surface area contributed by atoms with Gasteiger partial charge in [-0.05, 0) is 18.9 Å². The molecule has 0 atom stereocenters. The van der Waals surface area contributed by atoms with E-state index in [-0.39, 0.29) is 24.1 Å². The molecule has 0 bridgehead atoms. The van der Waals surface area contributed by atoms with E-state index >= 15 is 0 Å². The number of hydrogen-bond donors (Lipinski definition) is 0. The van der Waals surface area contributed by atoms with Crippen LogP contribution in [0.4, 0.5) is 5.69 Å². The Hall–Kier alpha value is -2.51. The Balaban J connectivity index is 2.08. The average molecular weight is 278 g/mol. The van der Waals surface area contributed by atoms with Gasteiger partial charge in [-0.1, -0.05) is 12.1 Å². The third-order valence-electron chi connectivity index (χ3n) is 2.48. The summed E-state index contributed by atoms with van der Waals surface area (Å²) < 4.78 is 10.3. The summed E-state index contributed by atoms with van der Waals surface area (Å²) in [7, 11) is 0. The number of nitro groups is 1. The zero-order valence-corrected chi connectivity index (χ0v) is 11.2. The molecule has 0 saturated carbocycles. The van der Waals surface area contributed by atoms with Crippen LogP contribution in [-0.4, -0.2) is 20.0 Å². The van der Waals surface area contributed by atoms with Crippen molar-refractivity contribution in [3.05, 3.63) is 39.7 Å². The molecular formula is C12H14N4O4. The van der Waals surface area contributed by atoms with Crippen LogP contribution in [0.1, 0.15) is 30.6 Å². The third kappa shape index (κ3) is 3.28. The fourth-order valence-corrected chi connectivity index (χ4v) is 1.59. The maximum atomic E-state index is 10.9. The van der Waals surface area contributed by atoms with Gasteiger partial charge in [0.15, 0.2) is 12.4 Å². The number of hydrogen-bond acceptors (Lipinski definition) is 7. The molecule has 0 aliphatic carbocycles. The van der Waals surface area contributed by atoms with Crippen molar-refractivity contribution in [3.63, 3.8) is 0 Å². The van der Waals surface area contributed by atoms with Crippen molar-refractivity contribution < 1.29 is 14.2 Å². The maximum Gasteiger partial charge on any atom is 0.331 e. The van der Waals surface area contributed by atoms with E-state index in [4.69, 9.17) is 9.26 Å². The molecule has 0 amide bonds. The molecule has 2 heterocycles. The molecule has 106 valence electrons. The Morgan fingerprint density at radius 2 is 2.30 bits per heavy atom. The van der Waals surface area contributed by atoms with Crippen LogP contribution in [0.15, 0.2) is 16.8 Å². The molecule has 0 fully saturated rings. The molecule has 2 aromatic heterocycles. The zero-order chi connectivity index (χ0) is 14.5. The van der Waals surface area contributed by atoms with Crippen LogP contribution in [0, 0.1) is 17.0 Å². The Labute approximate surface area is 114 Å². The number of aryl methyl sites for hydroxylation is 2. The summed E-state index contributed by atoms with van der Waals surface area (Å²) in [5.74, 6) is 0.804. The first kappa shape index (κ1) is 13.9. The van der Waals surface area contributed by atoms with Crippen molar-refractivity contribution >= 4 is 5.69 Å². The smallest absolute Gasteiger partial charge is 0.331 e. The summed E-state index contributed by atoms with van der Waals surface area (Å²) in [6.45, 7) is 3.68. The van der Waals surface area contributed by atoms with Crippen molar-refractivity contribution in [2.24, 2.45) is 0 Å². The van der Waals surface area contributed by atoms with E-state index in [1.165, 1.54) is 12.3 Å². The number of rotatable bonds is 6. The number of pyridine rings is 1. The van der Waals surface area contributed by atoms with Crippen molar-refractivity contribution in [1.29, 1.82) is 0 Å². The summed E-state index contributed by atoms with van der Waals surface area (Å²) in [5, 5.41) is 14.7. The largest absolute Gasteiger partial charge is 0.463 e. The fourth-order valence-electron chi connectivity index (χ4n) is 1.59. The normalized spacial score (nSPS) is 10.5. The number of aromatic nitrogens is 3. The molecule has 2 rings (SSSR count). The molecule has 0 N–H and O–H groups in total. The molecule has 0 saturated heterocycles. The van der Waals surface area contributed by atoms with Crippen LogP contribution in [-0.2, 0) is 13.0 Å². The van der Waals surface area contributed by atoms with Gasteiger partial charge >= 0.3 is 5.69 Å². The summed E-state index contributed by atoms with van der Waals surface area (Å²) in [6, 6.07) is 1.40. The van der Waals surface area contributed by atoms with Gasteiger partial charge in [-0.2, -0.15) is 4.98 Å². The summed E-state index contributed by atoms with van der Waals surface area (Å²) >= 11 is 0. The van der Waals surface area contributed by atoms with E-state index in [0.29, 0.717) is 17.8 Å². The molecule has 2 aromatic rings. The minimum Gasteiger partial charge on any atom is -0.463 e. The highest BCUT2D eigenvalue weighted by molar-refractivity contribution is 5.42. The summed E-state index contributed by atoms with van der Waals surface area (Å²) in [6.07, 6.45) is 3.12. The first-order valence-electron chi connectivity index (χ1n) is 6.15. The second kappa shape index (κ2) is 6.09. The lowest BCUT2D eigenvalue weighted by molar-refractivity contribution is -0.386. The van der Waals surface area contributed by atoms with Gasteiger partial charge in [0, 0.05) is 18.7 Å². The van der Waals surface area contributed by atoms with Crippen molar-refractivity contribution in [2.75, 3.05) is 0 Å². The molecule has 0 aromatic carbocycles. The van der Waals surface area contributed by atoms with E-state index < -0.39 is 4.92 Å². The quantitative estimate of drug-likeness (QED) is 0.589. The van der Waals surface area contributed by atoms with Gasteiger partial charge in [-0.3, -0.25) is 10.1 Å². The standard InChI is InChI=1S/C12H14N4O4/c1-3-4-10-14-11(20-15-10)7-19-12-9(16(17)18)5-8(2)6-13-12/h5-6H,3-4,7H2,1-2H3. The van der Waals surface area contributed by atoms with Crippen LogP contribution in [0.2, 0.25) is 0 Å². The predicted molar refractivity (Wildman–Crippen MR) is 68.3 cm³/mol. The zero-order valence-electron chi connectivity index (χ0n) is 11.2. The second-order valence-electron chi connectivity index (χ2n) is 4.24. The van der Waals surface area contributed by atoms with Crippen molar-refractivity contribution in [1.82, 2.24) is 15.1 Å². The molecule has 0 aliphatic heterocycles. The first-order chi connectivity index (χ1) is 9.60. The molecule has 0 spiro atoms.